The molecule has 3 aromatic carbocycles. The monoisotopic (exact) mass is 634 g/mol. The van der Waals surface area contributed by atoms with Crippen LogP contribution in [0.25, 0.3) is 11.1 Å². The lowest BCUT2D eigenvalue weighted by Gasteiger charge is -2.30. The minimum atomic E-state index is -4.95. The highest BCUT2D eigenvalue weighted by molar-refractivity contribution is 5.82. The molecule has 0 aliphatic carbocycles. The number of benzene rings is 3. The van der Waals surface area contributed by atoms with E-state index in [2.05, 4.69) is 10.6 Å². The number of amides is 1. The molecule has 0 heterocycles. The zero-order valence-corrected chi connectivity index (χ0v) is 24.0. The number of nitrogens with one attached hydrogen (secondary N) is 2. The number of carbonyl (C=O) groups excluding carboxylic acids is 1. The number of rotatable bonds is 12. The molecule has 13 heteroatoms. The van der Waals surface area contributed by atoms with Crippen molar-refractivity contribution in [2.24, 2.45) is 0 Å². The Bertz CT molecular complexity index is 1540. The summed E-state index contributed by atoms with van der Waals surface area (Å²) in [6, 6.07) is 11.8. The zero-order valence-electron chi connectivity index (χ0n) is 24.0. The molecule has 0 spiro atoms. The van der Waals surface area contributed by atoms with E-state index in [1.807, 2.05) is 0 Å². The van der Waals surface area contributed by atoms with Crippen LogP contribution in [0.15, 0.2) is 66.7 Å². The average molecular weight is 635 g/mol. The molecule has 3 rings (SSSR count). The van der Waals surface area contributed by atoms with E-state index in [-0.39, 0.29) is 28.7 Å². The number of halogens is 7. The summed E-state index contributed by atoms with van der Waals surface area (Å²) < 4.78 is 97.5. The number of aliphatic hydroxyl groups excluding tert-OH is 1. The summed E-state index contributed by atoms with van der Waals surface area (Å²) in [5, 5.41) is 32.4. The first-order valence-electron chi connectivity index (χ1n) is 13.6. The lowest BCUT2D eigenvalue weighted by molar-refractivity contribution is -0.161. The SMILES string of the molecule is CC(C)(F)C[C@H](N[C@@H](c1ccc(-c2ccc([C@@H](O)C(F)F)cc2)cc1)C(F)(F)F)C(=O)N[C@H](C#N)Cc1ccc(C#N)cc1F. The maximum Gasteiger partial charge on any atom is 0.407 e. The van der Waals surface area contributed by atoms with Gasteiger partial charge in [-0.05, 0) is 53.8 Å². The molecule has 0 saturated heterocycles. The Hall–Kier alpha value is -4.46. The summed E-state index contributed by atoms with van der Waals surface area (Å²) in [6.07, 6.45) is -11.0. The number of carbonyl (C=O) groups is 1. The van der Waals surface area contributed by atoms with Crippen LogP contribution in [0.3, 0.4) is 0 Å². The molecule has 1 amide bonds. The Kier molecular flexibility index (Phi) is 11.3. The van der Waals surface area contributed by atoms with Gasteiger partial charge in [0.25, 0.3) is 6.43 Å². The summed E-state index contributed by atoms with van der Waals surface area (Å²) >= 11 is 0. The van der Waals surface area contributed by atoms with Crippen molar-refractivity contribution in [1.29, 1.82) is 10.5 Å². The zero-order chi connectivity index (χ0) is 33.5. The summed E-state index contributed by atoms with van der Waals surface area (Å²) in [6.45, 7) is 2.15. The molecule has 0 saturated carbocycles. The lowest BCUT2D eigenvalue weighted by Crippen LogP contribution is -2.53. The average Bonchev–Trinajstić information content (AvgIpc) is 2.98. The highest BCUT2D eigenvalue weighted by atomic mass is 19.4. The molecule has 3 N–H and O–H groups in total. The molecule has 0 unspecified atom stereocenters. The van der Waals surface area contributed by atoms with Crippen molar-refractivity contribution in [1.82, 2.24) is 10.6 Å². The second-order valence-corrected chi connectivity index (χ2v) is 11.0. The van der Waals surface area contributed by atoms with Crippen LogP contribution in [0.5, 0.6) is 0 Å². The Balaban J connectivity index is 1.84. The van der Waals surface area contributed by atoms with Crippen LogP contribution < -0.4 is 10.6 Å². The fourth-order valence-corrected chi connectivity index (χ4v) is 4.58. The predicted octanol–water partition coefficient (Wildman–Crippen LogP) is 6.61. The van der Waals surface area contributed by atoms with Crippen molar-refractivity contribution in [2.45, 2.75) is 69.2 Å². The maximum absolute atomic E-state index is 14.7. The van der Waals surface area contributed by atoms with E-state index in [0.717, 1.165) is 32.0 Å². The number of alkyl halides is 6. The van der Waals surface area contributed by atoms with Crippen LogP contribution >= 0.6 is 0 Å². The minimum Gasteiger partial charge on any atom is -0.382 e. The van der Waals surface area contributed by atoms with Gasteiger partial charge in [-0.2, -0.15) is 23.7 Å². The molecule has 0 aliphatic heterocycles. The van der Waals surface area contributed by atoms with E-state index in [0.29, 0.717) is 11.1 Å². The molecule has 0 radical (unpaired) electrons. The van der Waals surface area contributed by atoms with Crippen molar-refractivity contribution < 1.29 is 40.6 Å². The van der Waals surface area contributed by atoms with E-state index < -0.39 is 60.6 Å². The number of hydrogen-bond donors (Lipinski definition) is 3. The van der Waals surface area contributed by atoms with Crippen LogP contribution in [-0.2, 0) is 11.2 Å². The highest BCUT2D eigenvalue weighted by Gasteiger charge is 2.44. The largest absolute Gasteiger partial charge is 0.407 e. The van der Waals surface area contributed by atoms with Gasteiger partial charge < -0.3 is 10.4 Å². The molecule has 45 heavy (non-hydrogen) atoms. The van der Waals surface area contributed by atoms with Crippen LogP contribution in [-0.4, -0.2) is 41.4 Å². The third-order valence-corrected chi connectivity index (χ3v) is 6.85. The van der Waals surface area contributed by atoms with Crippen LogP contribution in [0.4, 0.5) is 30.7 Å². The molecule has 4 atom stereocenters. The first kappa shape index (κ1) is 35.0. The van der Waals surface area contributed by atoms with E-state index in [9.17, 15) is 45.9 Å². The Labute approximate surface area is 255 Å². The molecule has 0 fully saturated rings. The number of nitriles is 2. The minimum absolute atomic E-state index is 0.0238. The molecule has 238 valence electrons. The fraction of sp³-hybridized carbons (Fsp3) is 0.344. The summed E-state index contributed by atoms with van der Waals surface area (Å²) in [4.78, 5) is 13.2. The van der Waals surface area contributed by atoms with Gasteiger partial charge in [0.15, 0.2) is 0 Å². The van der Waals surface area contributed by atoms with Crippen LogP contribution in [0.1, 0.15) is 54.7 Å². The third kappa shape index (κ3) is 9.76. The first-order chi connectivity index (χ1) is 21.0. The number of nitrogens with zero attached hydrogens (tertiary/aromatic N) is 2. The third-order valence-electron chi connectivity index (χ3n) is 6.85. The number of hydrogen-bond acceptors (Lipinski definition) is 5. The smallest absolute Gasteiger partial charge is 0.382 e. The first-order valence-corrected chi connectivity index (χ1v) is 13.6. The standard InChI is InChI=1S/C32H29F7N4O2/c1-31(2,36)15-26(30(45)42-24(17-41)14-23-4-3-18(16-40)13-25(23)33)43-28(32(37,38)39)22-11-7-20(8-12-22)19-5-9-21(10-6-19)27(44)29(34)35/h3-13,24,26-29,43-44H,14-15H2,1-2H3,(H,42,45)/t24-,26-,27+,28-/m0/s1. The quantitative estimate of drug-likeness (QED) is 0.194. The predicted molar refractivity (Wildman–Crippen MR) is 151 cm³/mol. The van der Waals surface area contributed by atoms with Gasteiger partial charge in [-0.1, -0.05) is 54.6 Å². The molecule has 6 nitrogen and oxygen atoms in total. The van der Waals surface area contributed by atoms with E-state index in [1.165, 1.54) is 48.5 Å². The molecule has 0 bridgehead atoms. The van der Waals surface area contributed by atoms with Crippen molar-refractivity contribution >= 4 is 5.91 Å². The van der Waals surface area contributed by atoms with Gasteiger partial charge >= 0.3 is 6.18 Å². The summed E-state index contributed by atoms with van der Waals surface area (Å²) in [5.41, 5.74) is -1.55. The molecule has 0 aliphatic rings. The second-order valence-electron chi connectivity index (χ2n) is 11.0. The van der Waals surface area contributed by atoms with Crippen molar-refractivity contribution in [2.75, 3.05) is 0 Å². The van der Waals surface area contributed by atoms with Gasteiger partial charge in [0.05, 0.1) is 23.7 Å². The maximum atomic E-state index is 14.7. The van der Waals surface area contributed by atoms with Crippen molar-refractivity contribution in [3.63, 3.8) is 0 Å². The fourth-order valence-electron chi connectivity index (χ4n) is 4.58. The molecular formula is C32H29F7N4O2. The van der Waals surface area contributed by atoms with E-state index in [4.69, 9.17) is 5.26 Å². The van der Waals surface area contributed by atoms with Crippen molar-refractivity contribution in [3.05, 3.63) is 94.8 Å². The lowest BCUT2D eigenvalue weighted by atomic mass is 9.95. The van der Waals surface area contributed by atoms with Gasteiger partial charge in [0.1, 0.15) is 29.7 Å². The van der Waals surface area contributed by atoms with Gasteiger partial charge in [0, 0.05) is 12.8 Å². The Morgan fingerprint density at radius 2 is 1.47 bits per heavy atom. The summed E-state index contributed by atoms with van der Waals surface area (Å²) in [5.74, 6) is -1.93. The molecule has 3 aromatic rings. The van der Waals surface area contributed by atoms with Gasteiger partial charge in [-0.3, -0.25) is 10.1 Å². The number of aliphatic hydroxyl groups is 1. The Morgan fingerprint density at radius 1 is 0.911 bits per heavy atom. The topological polar surface area (TPSA) is 109 Å². The normalized spacial score (nSPS) is 14.6. The van der Waals surface area contributed by atoms with Crippen LogP contribution in [0, 0.1) is 28.5 Å². The van der Waals surface area contributed by atoms with E-state index >= 15 is 0 Å². The van der Waals surface area contributed by atoms with Gasteiger partial charge in [-0.15, -0.1) is 0 Å². The van der Waals surface area contributed by atoms with E-state index in [1.54, 1.807) is 12.1 Å². The Morgan fingerprint density at radius 3 is 1.91 bits per heavy atom. The van der Waals surface area contributed by atoms with Gasteiger partial charge in [-0.25, -0.2) is 17.6 Å². The molecule has 0 aromatic heterocycles. The van der Waals surface area contributed by atoms with Crippen molar-refractivity contribution in [3.8, 4) is 23.3 Å². The highest BCUT2D eigenvalue weighted by Crippen LogP contribution is 2.35. The van der Waals surface area contributed by atoms with Gasteiger partial charge in [0.2, 0.25) is 5.91 Å². The summed E-state index contributed by atoms with van der Waals surface area (Å²) in [7, 11) is 0. The van der Waals surface area contributed by atoms with Crippen LogP contribution in [0.2, 0.25) is 0 Å². The molecular weight excluding hydrogens is 605 g/mol. The second kappa shape index (κ2) is 14.5.